The monoisotopic (exact) mass is 272 g/mol. The number of nitrogens with zero attached hydrogens (tertiary/aromatic N) is 2. The van der Waals surface area contributed by atoms with E-state index in [1.165, 1.54) is 0 Å². The van der Waals surface area contributed by atoms with E-state index in [0.717, 1.165) is 25.9 Å². The smallest absolute Gasteiger partial charge is 0.320 e. The van der Waals surface area contributed by atoms with Crippen LogP contribution in [0, 0.1) is 0 Å². The fraction of sp³-hybridized carbons (Fsp3) is 0.846. The molecule has 0 spiro atoms. The Morgan fingerprint density at radius 1 is 1.32 bits per heavy atom. The molecule has 0 aromatic heterocycles. The summed E-state index contributed by atoms with van der Waals surface area (Å²) in [6.45, 7) is 6.90. The molecule has 1 saturated heterocycles. The molecule has 0 bridgehead atoms. The van der Waals surface area contributed by atoms with Crippen molar-refractivity contribution in [2.45, 2.75) is 39.2 Å². The van der Waals surface area contributed by atoms with Crippen molar-refractivity contribution in [2.75, 3.05) is 32.8 Å². The Morgan fingerprint density at radius 2 is 1.95 bits per heavy atom. The molecule has 1 rings (SSSR count). The molecule has 1 N–H and O–H groups in total. The Kier molecular flexibility index (Phi) is 6.62. The van der Waals surface area contributed by atoms with Crippen molar-refractivity contribution >= 4 is 12.0 Å². The molecule has 110 valence electrons. The zero-order valence-electron chi connectivity index (χ0n) is 11.8. The summed E-state index contributed by atoms with van der Waals surface area (Å²) in [5, 5.41) is 8.77. The molecular formula is C13H24N2O4. The van der Waals surface area contributed by atoms with Gasteiger partial charge in [-0.15, -0.1) is 0 Å². The molecule has 1 unspecified atom stereocenters. The fourth-order valence-corrected chi connectivity index (χ4v) is 2.25. The van der Waals surface area contributed by atoms with Crippen LogP contribution in [0.25, 0.3) is 0 Å². The lowest BCUT2D eigenvalue weighted by Gasteiger charge is -2.36. The first-order chi connectivity index (χ1) is 9.08. The molecule has 6 heteroatoms. The Labute approximate surface area is 114 Å². The van der Waals surface area contributed by atoms with Gasteiger partial charge >= 0.3 is 12.0 Å². The first-order valence-electron chi connectivity index (χ1n) is 6.95. The lowest BCUT2D eigenvalue weighted by Crippen LogP contribution is -2.51. The molecule has 6 nitrogen and oxygen atoms in total. The molecule has 19 heavy (non-hydrogen) atoms. The third-order valence-electron chi connectivity index (χ3n) is 3.07. The van der Waals surface area contributed by atoms with Gasteiger partial charge in [-0.3, -0.25) is 4.79 Å². The van der Waals surface area contributed by atoms with Crippen molar-refractivity contribution in [2.24, 2.45) is 0 Å². The second kappa shape index (κ2) is 7.99. The van der Waals surface area contributed by atoms with Crippen LogP contribution in [0.1, 0.15) is 33.1 Å². The van der Waals surface area contributed by atoms with Gasteiger partial charge in [0.05, 0.1) is 19.1 Å². The van der Waals surface area contributed by atoms with E-state index in [1.807, 2.05) is 18.7 Å². The van der Waals surface area contributed by atoms with Crippen LogP contribution in [0.4, 0.5) is 4.79 Å². The van der Waals surface area contributed by atoms with Gasteiger partial charge in [-0.1, -0.05) is 13.8 Å². The zero-order valence-corrected chi connectivity index (χ0v) is 11.8. The second-order valence-corrected chi connectivity index (χ2v) is 4.81. The molecule has 0 aliphatic carbocycles. The Bertz CT molecular complexity index is 303. The predicted octanol–water partition coefficient (Wildman–Crippen LogP) is 1.40. The quantitative estimate of drug-likeness (QED) is 0.793. The summed E-state index contributed by atoms with van der Waals surface area (Å²) in [4.78, 5) is 26.6. The molecule has 0 aromatic rings. The number of rotatable bonds is 6. The zero-order chi connectivity index (χ0) is 14.3. The molecule has 1 aliphatic heterocycles. The number of carboxylic acids is 1. The van der Waals surface area contributed by atoms with Crippen molar-refractivity contribution in [1.29, 1.82) is 0 Å². The molecule has 0 radical (unpaired) electrons. The molecule has 2 amide bonds. The molecule has 0 saturated carbocycles. The minimum Gasteiger partial charge on any atom is -0.481 e. The number of ether oxygens (including phenoxy) is 1. The molecule has 1 atom stereocenters. The van der Waals surface area contributed by atoms with E-state index in [9.17, 15) is 9.59 Å². The van der Waals surface area contributed by atoms with E-state index < -0.39 is 5.97 Å². The molecule has 0 aromatic carbocycles. The highest BCUT2D eigenvalue weighted by Gasteiger charge is 2.28. The maximum absolute atomic E-state index is 12.4. The maximum atomic E-state index is 12.4. The van der Waals surface area contributed by atoms with Crippen molar-refractivity contribution in [3.63, 3.8) is 0 Å². The van der Waals surface area contributed by atoms with E-state index in [2.05, 4.69) is 0 Å². The number of morpholine rings is 1. The van der Waals surface area contributed by atoms with E-state index in [0.29, 0.717) is 19.7 Å². The minimum atomic E-state index is -0.890. The number of hydrogen-bond acceptors (Lipinski definition) is 3. The highest BCUT2D eigenvalue weighted by Crippen LogP contribution is 2.11. The Morgan fingerprint density at radius 3 is 2.47 bits per heavy atom. The van der Waals surface area contributed by atoms with Crippen LogP contribution in [-0.2, 0) is 9.53 Å². The summed E-state index contributed by atoms with van der Waals surface area (Å²) >= 11 is 0. The first-order valence-corrected chi connectivity index (χ1v) is 6.95. The van der Waals surface area contributed by atoms with Crippen LogP contribution in [0.5, 0.6) is 0 Å². The van der Waals surface area contributed by atoms with Gasteiger partial charge in [0.1, 0.15) is 0 Å². The van der Waals surface area contributed by atoms with Crippen molar-refractivity contribution in [1.82, 2.24) is 9.80 Å². The second-order valence-electron chi connectivity index (χ2n) is 4.81. The lowest BCUT2D eigenvalue weighted by atomic mass is 10.2. The lowest BCUT2D eigenvalue weighted by molar-refractivity contribution is -0.141. The number of carbonyl (C=O) groups excluding carboxylic acids is 1. The number of carbonyl (C=O) groups is 2. The van der Waals surface area contributed by atoms with Crippen LogP contribution in [0.2, 0.25) is 0 Å². The maximum Gasteiger partial charge on any atom is 0.320 e. The fourth-order valence-electron chi connectivity index (χ4n) is 2.25. The van der Waals surface area contributed by atoms with Gasteiger partial charge in [-0.2, -0.15) is 0 Å². The standard InChI is InChI=1S/C13H24N2O4/c1-3-5-14(6-4-2)13(18)15-7-8-19-11(10-15)9-12(16)17/h11H,3-10H2,1-2H3,(H,16,17). The summed E-state index contributed by atoms with van der Waals surface area (Å²) in [6.07, 6.45) is 1.41. The van der Waals surface area contributed by atoms with Crippen molar-refractivity contribution < 1.29 is 19.4 Å². The van der Waals surface area contributed by atoms with Gasteiger partial charge in [0.25, 0.3) is 0 Å². The number of urea groups is 1. The normalized spacial score (nSPS) is 19.3. The highest BCUT2D eigenvalue weighted by molar-refractivity contribution is 5.75. The van der Waals surface area contributed by atoms with Crippen LogP contribution in [0.15, 0.2) is 0 Å². The molecule has 1 heterocycles. The van der Waals surface area contributed by atoms with Crippen LogP contribution in [-0.4, -0.2) is 65.8 Å². The Balaban J connectivity index is 2.56. The van der Waals surface area contributed by atoms with Gasteiger partial charge in [0, 0.05) is 26.2 Å². The summed E-state index contributed by atoms with van der Waals surface area (Å²) in [5.41, 5.74) is 0. The average molecular weight is 272 g/mol. The van der Waals surface area contributed by atoms with Gasteiger partial charge in [-0.05, 0) is 12.8 Å². The summed E-state index contributed by atoms with van der Waals surface area (Å²) < 4.78 is 5.38. The van der Waals surface area contributed by atoms with Crippen molar-refractivity contribution in [3.05, 3.63) is 0 Å². The molecular weight excluding hydrogens is 248 g/mol. The Hall–Kier alpha value is -1.30. The van der Waals surface area contributed by atoms with Crippen molar-refractivity contribution in [3.8, 4) is 0 Å². The molecule has 1 aliphatic rings. The summed E-state index contributed by atoms with van der Waals surface area (Å²) in [6, 6.07) is 0.00221. The first kappa shape index (κ1) is 15.8. The van der Waals surface area contributed by atoms with Gasteiger partial charge in [0.15, 0.2) is 0 Å². The highest BCUT2D eigenvalue weighted by atomic mass is 16.5. The van der Waals surface area contributed by atoms with Crippen LogP contribution < -0.4 is 0 Å². The van der Waals surface area contributed by atoms with E-state index >= 15 is 0 Å². The van der Waals surface area contributed by atoms with E-state index in [1.54, 1.807) is 4.90 Å². The minimum absolute atomic E-state index is 0.00221. The van der Waals surface area contributed by atoms with Gasteiger partial charge in [0.2, 0.25) is 0 Å². The number of aliphatic carboxylic acids is 1. The molecule has 1 fully saturated rings. The topological polar surface area (TPSA) is 70.1 Å². The largest absolute Gasteiger partial charge is 0.481 e. The van der Waals surface area contributed by atoms with E-state index in [-0.39, 0.29) is 18.6 Å². The third kappa shape index (κ3) is 5.06. The third-order valence-corrected chi connectivity index (χ3v) is 3.07. The van der Waals surface area contributed by atoms with Gasteiger partial charge < -0.3 is 19.6 Å². The number of amides is 2. The predicted molar refractivity (Wildman–Crippen MR) is 71.1 cm³/mol. The SMILES string of the molecule is CCCN(CCC)C(=O)N1CCOC(CC(=O)O)C1. The number of hydrogen-bond donors (Lipinski definition) is 1. The van der Waals surface area contributed by atoms with E-state index in [4.69, 9.17) is 9.84 Å². The number of carboxylic acid groups (broad SMARTS) is 1. The average Bonchev–Trinajstić information content (AvgIpc) is 2.37. The van der Waals surface area contributed by atoms with Gasteiger partial charge in [-0.25, -0.2) is 4.79 Å². The summed E-state index contributed by atoms with van der Waals surface area (Å²) in [7, 11) is 0. The summed E-state index contributed by atoms with van der Waals surface area (Å²) in [5.74, 6) is -0.890. The van der Waals surface area contributed by atoms with Crippen LogP contribution >= 0.6 is 0 Å². The van der Waals surface area contributed by atoms with Crippen LogP contribution in [0.3, 0.4) is 0 Å².